The van der Waals surface area contributed by atoms with Crippen molar-refractivity contribution >= 4 is 9.18 Å². The SMILES string of the molecule is COc1cc2c(cc1OC)CN(CCCCNC(=O)c1cc([At])ccc1OC)CC2. The second-order valence-corrected chi connectivity index (χ2v) is 9.01. The first-order valence-corrected chi connectivity index (χ1v) is 11.6. The number of amides is 1. The molecule has 0 fully saturated rings. The molecule has 0 saturated heterocycles. The minimum absolute atomic E-state index is 0.0712. The molecule has 7 heteroatoms. The summed E-state index contributed by atoms with van der Waals surface area (Å²) in [4.78, 5) is 14.9. The summed E-state index contributed by atoms with van der Waals surface area (Å²) >= 11 is 1.55. The molecule has 0 aromatic heterocycles. The zero-order valence-electron chi connectivity index (χ0n) is 17.8. The normalized spacial score (nSPS) is 13.5. The van der Waals surface area contributed by atoms with Crippen LogP contribution in [0.1, 0.15) is 34.3 Å². The molecule has 2 aromatic rings. The molecular weight excluding hydrogens is 578 g/mol. The van der Waals surface area contributed by atoms with Crippen LogP contribution < -0.4 is 22.8 Å². The van der Waals surface area contributed by atoms with Gasteiger partial charge in [0.2, 0.25) is 0 Å². The third-order valence-corrected chi connectivity index (χ3v) is 6.30. The summed E-state index contributed by atoms with van der Waals surface area (Å²) in [5.74, 6) is 2.13. The van der Waals surface area contributed by atoms with Gasteiger partial charge in [0.25, 0.3) is 0 Å². The summed E-state index contributed by atoms with van der Waals surface area (Å²) in [5.41, 5.74) is 3.25. The number of fused-ring (bicyclic) bond motifs is 1. The van der Waals surface area contributed by atoms with E-state index in [4.69, 9.17) is 14.2 Å². The molecule has 162 valence electrons. The third-order valence-electron chi connectivity index (χ3n) is 5.39. The maximum atomic E-state index is 12.5. The van der Waals surface area contributed by atoms with Crippen molar-refractivity contribution in [3.63, 3.8) is 0 Å². The zero-order chi connectivity index (χ0) is 21.5. The van der Waals surface area contributed by atoms with E-state index in [2.05, 4.69) is 22.3 Å². The van der Waals surface area contributed by atoms with Gasteiger partial charge in [-0.05, 0) is 17.7 Å². The van der Waals surface area contributed by atoms with E-state index < -0.39 is 0 Å². The molecule has 1 N–H and O–H groups in total. The predicted molar refractivity (Wildman–Crippen MR) is 113 cm³/mol. The van der Waals surface area contributed by atoms with Crippen LogP contribution in [0.5, 0.6) is 17.2 Å². The summed E-state index contributed by atoms with van der Waals surface area (Å²) in [6.45, 7) is 3.64. The van der Waals surface area contributed by atoms with Gasteiger partial charge in [-0.2, -0.15) is 0 Å². The van der Waals surface area contributed by atoms with Crippen LogP contribution >= 0.6 is 0 Å². The van der Waals surface area contributed by atoms with Gasteiger partial charge in [0.1, 0.15) is 0 Å². The topological polar surface area (TPSA) is 60.0 Å². The molecule has 3 rings (SSSR count). The van der Waals surface area contributed by atoms with Gasteiger partial charge in [0.05, 0.1) is 14.2 Å². The van der Waals surface area contributed by atoms with Crippen LogP contribution in [0.25, 0.3) is 0 Å². The number of hydrogen-bond acceptors (Lipinski definition) is 5. The molecule has 0 atom stereocenters. The molecule has 1 heterocycles. The number of hydrogen-bond donors (Lipinski definition) is 1. The number of carbonyl (C=O) groups is 1. The summed E-state index contributed by atoms with van der Waals surface area (Å²) in [7, 11) is 4.94. The molecule has 30 heavy (non-hydrogen) atoms. The van der Waals surface area contributed by atoms with E-state index in [1.54, 1.807) is 46.0 Å². The number of unbranched alkanes of at least 4 members (excludes halogenated alkanes) is 1. The molecule has 2 aromatic carbocycles. The van der Waals surface area contributed by atoms with E-state index in [-0.39, 0.29) is 5.91 Å². The predicted octanol–water partition coefficient (Wildman–Crippen LogP) is 2.46. The second kappa shape index (κ2) is 11.0. The Labute approximate surface area is 193 Å². The van der Waals surface area contributed by atoms with E-state index in [1.165, 1.54) is 11.1 Å². The first-order valence-electron chi connectivity index (χ1n) is 10.1. The molecule has 0 spiro atoms. The standard InChI is InChI=1S/C23H29AtN2O4/c1-28-20-7-6-18(24)14-19(20)23(27)25-9-4-5-10-26-11-8-16-12-21(29-2)22(30-3)13-17(16)15-26/h6-7,12-14H,4-5,8-11,15H2,1-3H3,(H,25,27). The van der Waals surface area contributed by atoms with Crippen LogP contribution in [0.15, 0.2) is 30.3 Å². The van der Waals surface area contributed by atoms with Gasteiger partial charge in [-0.3, -0.25) is 0 Å². The number of rotatable bonds is 9. The fourth-order valence-corrected chi connectivity index (χ4v) is 4.42. The Hall–Kier alpha value is -1.85. The molecule has 0 radical (unpaired) electrons. The third kappa shape index (κ3) is 5.64. The van der Waals surface area contributed by atoms with Crippen molar-refractivity contribution in [3.05, 3.63) is 47.0 Å². The fourth-order valence-electron chi connectivity index (χ4n) is 3.75. The van der Waals surface area contributed by atoms with Crippen LogP contribution in [0.4, 0.5) is 0 Å². The van der Waals surface area contributed by atoms with Gasteiger partial charge in [0.15, 0.2) is 11.5 Å². The van der Waals surface area contributed by atoms with Crippen molar-refractivity contribution in [2.45, 2.75) is 25.8 Å². The molecule has 6 nitrogen and oxygen atoms in total. The maximum absolute atomic E-state index is 12.5. The molecule has 0 saturated carbocycles. The van der Waals surface area contributed by atoms with Gasteiger partial charge in [-0.1, -0.05) is 0 Å². The van der Waals surface area contributed by atoms with Crippen molar-refractivity contribution in [3.8, 4) is 17.2 Å². The van der Waals surface area contributed by atoms with Gasteiger partial charge in [-0.25, -0.2) is 0 Å². The van der Waals surface area contributed by atoms with Gasteiger partial charge in [-0.15, -0.1) is 0 Å². The van der Waals surface area contributed by atoms with Crippen LogP contribution in [0.3, 0.4) is 0 Å². The Bertz CT molecular complexity index is 888. The van der Waals surface area contributed by atoms with Crippen LogP contribution in [-0.4, -0.2) is 51.8 Å². The van der Waals surface area contributed by atoms with E-state index in [0.717, 1.165) is 53.7 Å². The quantitative estimate of drug-likeness (QED) is 0.445. The van der Waals surface area contributed by atoms with Gasteiger partial charge < -0.3 is 9.47 Å². The second-order valence-electron chi connectivity index (χ2n) is 7.31. The molecule has 0 unspecified atom stereocenters. The van der Waals surface area contributed by atoms with Crippen molar-refractivity contribution in [1.82, 2.24) is 10.2 Å². The number of carbonyl (C=O) groups excluding carboxylic acids is 1. The number of benzene rings is 2. The van der Waals surface area contributed by atoms with Crippen LogP contribution in [0.2, 0.25) is 0 Å². The first kappa shape index (κ1) is 22.8. The molecule has 1 aliphatic rings. The first-order chi connectivity index (χ1) is 14.5. The van der Waals surface area contributed by atoms with E-state index in [1.807, 2.05) is 18.2 Å². The Morgan fingerprint density at radius 3 is 2.40 bits per heavy atom. The van der Waals surface area contributed by atoms with E-state index in [0.29, 0.717) is 17.9 Å². The van der Waals surface area contributed by atoms with Crippen LogP contribution in [-0.2, 0) is 13.0 Å². The van der Waals surface area contributed by atoms with Crippen LogP contribution in [0, 0.1) is 24.7 Å². The Morgan fingerprint density at radius 1 is 1.00 bits per heavy atom. The van der Waals surface area contributed by atoms with Crippen molar-refractivity contribution < 1.29 is 43.7 Å². The Kier molecular flexibility index (Phi) is 8.35. The summed E-state index contributed by atoms with van der Waals surface area (Å²) in [5, 5.41) is 3.02. The van der Waals surface area contributed by atoms with Gasteiger partial charge >= 0.3 is 141 Å². The van der Waals surface area contributed by atoms with E-state index >= 15 is 0 Å². The molecule has 0 aliphatic carbocycles. The number of nitrogens with one attached hydrogen (secondary N) is 1. The monoisotopic (exact) mass is 607 g/mol. The molecular formula is C23H29AtN2O4. The molecule has 1 amide bonds. The minimum atomic E-state index is -0.0712. The average Bonchev–Trinajstić information content (AvgIpc) is 2.77. The average molecular weight is 607 g/mol. The van der Waals surface area contributed by atoms with Gasteiger partial charge in [0, 0.05) is 0 Å². The van der Waals surface area contributed by atoms with Crippen molar-refractivity contribution in [2.24, 2.45) is 0 Å². The van der Waals surface area contributed by atoms with Crippen molar-refractivity contribution in [1.29, 1.82) is 0 Å². The summed E-state index contributed by atoms with van der Waals surface area (Å²) in [6, 6.07) is 9.90. The zero-order valence-corrected chi connectivity index (χ0v) is 20.7. The fraction of sp³-hybridized carbons (Fsp3) is 0.435. The number of methoxy groups -OCH3 is 3. The molecule has 0 bridgehead atoms. The molecule has 1 aliphatic heterocycles. The number of nitrogens with zero attached hydrogens (tertiary/aromatic N) is 1. The summed E-state index contributed by atoms with van der Waals surface area (Å²) < 4.78 is 17.3. The summed E-state index contributed by atoms with van der Waals surface area (Å²) in [6.07, 6.45) is 3.00. The van der Waals surface area contributed by atoms with Crippen molar-refractivity contribution in [2.75, 3.05) is 41.0 Å². The number of ether oxygens (including phenoxy) is 3. The Balaban J connectivity index is 1.45. The Morgan fingerprint density at radius 2 is 1.70 bits per heavy atom. The van der Waals surface area contributed by atoms with E-state index in [9.17, 15) is 4.79 Å².